The Bertz CT molecular complexity index is 586. The third kappa shape index (κ3) is 1.13. The van der Waals surface area contributed by atoms with Crippen LogP contribution in [0.25, 0.3) is 10.9 Å². The number of aromatic amines is 1. The van der Waals surface area contributed by atoms with Crippen LogP contribution in [0.1, 0.15) is 11.1 Å². The number of benzene rings is 1. The van der Waals surface area contributed by atoms with Crippen molar-refractivity contribution in [3.8, 4) is 0 Å². The van der Waals surface area contributed by atoms with E-state index >= 15 is 0 Å². The maximum atomic E-state index is 11.0. The summed E-state index contributed by atoms with van der Waals surface area (Å²) >= 11 is 0. The average Bonchev–Trinajstić information content (AvgIpc) is 2.81. The molecule has 1 unspecified atom stereocenters. The maximum Gasteiger partial charge on any atom is 0.326 e. The Balaban J connectivity index is 2.20. The molecule has 1 aliphatic rings. The first-order valence-corrected chi connectivity index (χ1v) is 5.25. The van der Waals surface area contributed by atoms with Gasteiger partial charge in [0.2, 0.25) is 0 Å². The molecule has 1 aliphatic heterocycles. The van der Waals surface area contributed by atoms with Gasteiger partial charge in [-0.05, 0) is 30.2 Å². The Hall–Kier alpha value is -1.97. The van der Waals surface area contributed by atoms with Gasteiger partial charge in [0, 0.05) is 29.2 Å². The summed E-state index contributed by atoms with van der Waals surface area (Å²) in [7, 11) is 0. The number of rotatable bonds is 1. The van der Waals surface area contributed by atoms with Crippen LogP contribution in [0.2, 0.25) is 0 Å². The Kier molecular flexibility index (Phi) is 1.74. The number of nitrogens with one attached hydrogen (secondary N) is 2. The monoisotopic (exact) mass is 216 g/mol. The molecule has 0 saturated carbocycles. The van der Waals surface area contributed by atoms with Gasteiger partial charge >= 0.3 is 5.97 Å². The van der Waals surface area contributed by atoms with Gasteiger partial charge in [-0.3, -0.25) is 0 Å². The van der Waals surface area contributed by atoms with Crippen molar-refractivity contribution in [1.29, 1.82) is 0 Å². The molecule has 0 saturated heterocycles. The second-order valence-corrected chi connectivity index (χ2v) is 4.23. The van der Waals surface area contributed by atoms with Crippen LogP contribution in [0.3, 0.4) is 0 Å². The van der Waals surface area contributed by atoms with Crippen LogP contribution in [-0.2, 0) is 11.2 Å². The lowest BCUT2D eigenvalue weighted by molar-refractivity contribution is -0.137. The summed E-state index contributed by atoms with van der Waals surface area (Å²) in [5, 5.41) is 13.2. The van der Waals surface area contributed by atoms with E-state index in [1.165, 1.54) is 5.56 Å². The molecule has 1 aromatic heterocycles. The van der Waals surface area contributed by atoms with Crippen molar-refractivity contribution >= 4 is 22.6 Å². The summed E-state index contributed by atoms with van der Waals surface area (Å²) in [5.41, 5.74) is 4.30. The number of aromatic nitrogens is 1. The van der Waals surface area contributed by atoms with Crippen molar-refractivity contribution in [2.75, 3.05) is 5.32 Å². The molecular formula is C12H12N2O2. The Morgan fingerprint density at radius 2 is 2.31 bits per heavy atom. The van der Waals surface area contributed by atoms with Gasteiger partial charge in [-0.15, -0.1) is 0 Å². The predicted octanol–water partition coefficient (Wildman–Crippen LogP) is 1.90. The number of fused-ring (bicyclic) bond motifs is 3. The Morgan fingerprint density at radius 1 is 1.50 bits per heavy atom. The molecular weight excluding hydrogens is 204 g/mol. The van der Waals surface area contributed by atoms with E-state index in [1.54, 1.807) is 0 Å². The lowest BCUT2D eigenvalue weighted by Crippen LogP contribution is -2.26. The molecule has 1 atom stereocenters. The molecule has 3 rings (SSSR count). The van der Waals surface area contributed by atoms with Gasteiger partial charge in [0.05, 0.1) is 0 Å². The van der Waals surface area contributed by atoms with Gasteiger partial charge in [0.15, 0.2) is 0 Å². The van der Waals surface area contributed by atoms with Crippen LogP contribution < -0.4 is 5.32 Å². The average molecular weight is 216 g/mol. The highest BCUT2D eigenvalue weighted by molar-refractivity contribution is 5.94. The van der Waals surface area contributed by atoms with E-state index in [1.807, 2.05) is 25.3 Å². The molecule has 0 radical (unpaired) electrons. The summed E-state index contributed by atoms with van der Waals surface area (Å²) in [6.45, 7) is 2.03. The number of anilines is 1. The van der Waals surface area contributed by atoms with Crippen LogP contribution in [-0.4, -0.2) is 22.1 Å². The molecule has 0 aliphatic carbocycles. The smallest absolute Gasteiger partial charge is 0.326 e. The van der Waals surface area contributed by atoms with Crippen LogP contribution in [0.4, 0.5) is 5.69 Å². The van der Waals surface area contributed by atoms with E-state index in [9.17, 15) is 4.79 Å². The lowest BCUT2D eigenvalue weighted by atomic mass is 10.0. The van der Waals surface area contributed by atoms with Gasteiger partial charge in [-0.2, -0.15) is 0 Å². The molecule has 0 bridgehead atoms. The van der Waals surface area contributed by atoms with Crippen LogP contribution >= 0.6 is 0 Å². The Labute approximate surface area is 92.3 Å². The molecule has 4 heteroatoms. The van der Waals surface area contributed by atoms with Crippen molar-refractivity contribution in [1.82, 2.24) is 4.98 Å². The van der Waals surface area contributed by atoms with Crippen molar-refractivity contribution < 1.29 is 9.90 Å². The highest BCUT2D eigenvalue weighted by atomic mass is 16.4. The summed E-state index contributed by atoms with van der Waals surface area (Å²) in [4.78, 5) is 14.1. The minimum atomic E-state index is -0.794. The van der Waals surface area contributed by atoms with E-state index < -0.39 is 12.0 Å². The SMILES string of the molecule is Cc1c[nH]c2ccc3c(c12)CC(C(=O)O)N3. The zero-order chi connectivity index (χ0) is 11.3. The third-order valence-electron chi connectivity index (χ3n) is 3.19. The second-order valence-electron chi connectivity index (χ2n) is 4.23. The van der Waals surface area contributed by atoms with Gasteiger partial charge in [-0.25, -0.2) is 4.79 Å². The highest BCUT2D eigenvalue weighted by Crippen LogP contribution is 2.34. The lowest BCUT2D eigenvalue weighted by Gasteiger charge is -2.03. The molecule has 2 aromatic rings. The molecule has 16 heavy (non-hydrogen) atoms. The summed E-state index contributed by atoms with van der Waals surface area (Å²) < 4.78 is 0. The highest BCUT2D eigenvalue weighted by Gasteiger charge is 2.28. The zero-order valence-corrected chi connectivity index (χ0v) is 8.87. The fraction of sp³-hybridized carbons (Fsp3) is 0.250. The fourth-order valence-electron chi connectivity index (χ4n) is 2.42. The molecule has 0 fully saturated rings. The number of carboxylic acids is 1. The predicted molar refractivity (Wildman–Crippen MR) is 61.8 cm³/mol. The first-order valence-electron chi connectivity index (χ1n) is 5.25. The number of carboxylic acid groups (broad SMARTS) is 1. The van der Waals surface area contributed by atoms with Gasteiger partial charge in [0.25, 0.3) is 0 Å². The van der Waals surface area contributed by atoms with Crippen LogP contribution in [0.5, 0.6) is 0 Å². The number of hydrogen-bond donors (Lipinski definition) is 3. The number of carbonyl (C=O) groups is 1. The van der Waals surface area contributed by atoms with Crippen molar-refractivity contribution in [2.45, 2.75) is 19.4 Å². The number of aryl methyl sites for hydroxylation is 1. The van der Waals surface area contributed by atoms with Crippen LogP contribution in [0.15, 0.2) is 18.3 Å². The second kappa shape index (κ2) is 3.01. The molecule has 0 amide bonds. The van der Waals surface area contributed by atoms with Crippen LogP contribution in [0, 0.1) is 6.92 Å². The third-order valence-corrected chi connectivity index (χ3v) is 3.19. The van der Waals surface area contributed by atoms with Crippen molar-refractivity contribution in [3.05, 3.63) is 29.5 Å². The zero-order valence-electron chi connectivity index (χ0n) is 8.87. The first-order chi connectivity index (χ1) is 7.66. The number of aliphatic carboxylic acids is 1. The molecule has 82 valence electrons. The summed E-state index contributed by atoms with van der Waals surface area (Å²) in [6.07, 6.45) is 2.51. The Morgan fingerprint density at radius 3 is 3.06 bits per heavy atom. The van der Waals surface area contributed by atoms with Crippen molar-refractivity contribution in [2.24, 2.45) is 0 Å². The minimum Gasteiger partial charge on any atom is -0.480 e. The number of hydrogen-bond acceptors (Lipinski definition) is 2. The van der Waals surface area contributed by atoms with Crippen molar-refractivity contribution in [3.63, 3.8) is 0 Å². The summed E-state index contributed by atoms with van der Waals surface area (Å²) in [6, 6.07) is 3.43. The van der Waals surface area contributed by atoms with E-state index in [0.29, 0.717) is 6.42 Å². The number of H-pyrrole nitrogens is 1. The minimum absolute atomic E-state index is 0.491. The first kappa shape index (κ1) is 9.27. The van der Waals surface area contributed by atoms with Gasteiger partial charge in [0.1, 0.15) is 6.04 Å². The molecule has 4 nitrogen and oxygen atoms in total. The van der Waals surface area contributed by atoms with Gasteiger partial charge < -0.3 is 15.4 Å². The van der Waals surface area contributed by atoms with E-state index in [-0.39, 0.29) is 0 Å². The molecule has 3 N–H and O–H groups in total. The van der Waals surface area contributed by atoms with E-state index in [2.05, 4.69) is 10.3 Å². The molecule has 0 spiro atoms. The quantitative estimate of drug-likeness (QED) is 0.682. The maximum absolute atomic E-state index is 11.0. The largest absolute Gasteiger partial charge is 0.480 e. The normalized spacial score (nSPS) is 18.4. The fourth-order valence-corrected chi connectivity index (χ4v) is 2.42. The standard InChI is InChI=1S/C12H12N2O2/c1-6-5-13-9-3-2-8-7(11(6)9)4-10(14-8)12(15)16/h2-3,5,10,13-14H,4H2,1H3,(H,15,16). The summed E-state index contributed by atoms with van der Waals surface area (Å²) in [5.74, 6) is -0.794. The topological polar surface area (TPSA) is 65.1 Å². The van der Waals surface area contributed by atoms with Gasteiger partial charge in [-0.1, -0.05) is 0 Å². The van der Waals surface area contributed by atoms with E-state index in [4.69, 9.17) is 5.11 Å². The molecule has 2 heterocycles. The molecule has 1 aromatic carbocycles. The van der Waals surface area contributed by atoms with E-state index in [0.717, 1.165) is 22.2 Å².